The van der Waals surface area contributed by atoms with Crippen LogP contribution in [-0.2, 0) is 6.42 Å². The quantitative estimate of drug-likeness (QED) is 0.719. The van der Waals surface area contributed by atoms with Crippen LogP contribution >= 0.6 is 0 Å². The van der Waals surface area contributed by atoms with Crippen molar-refractivity contribution in [2.45, 2.75) is 12.8 Å². The summed E-state index contributed by atoms with van der Waals surface area (Å²) in [7, 11) is 0. The second kappa shape index (κ2) is 5.45. The van der Waals surface area contributed by atoms with Crippen molar-refractivity contribution in [2.24, 2.45) is 0 Å². The first kappa shape index (κ1) is 10.9. The van der Waals surface area contributed by atoms with Gasteiger partial charge in [0.05, 0.1) is 0 Å². The van der Waals surface area contributed by atoms with Crippen molar-refractivity contribution < 1.29 is 4.39 Å². The molecule has 0 bridgehead atoms. The average Bonchev–Trinajstić information content (AvgIpc) is 2.33. The molecule has 0 spiro atoms. The van der Waals surface area contributed by atoms with Crippen LogP contribution in [0.5, 0.6) is 0 Å². The minimum atomic E-state index is -0.107. The molecule has 2 aromatic rings. The highest BCUT2D eigenvalue weighted by molar-refractivity contribution is 5.24. The van der Waals surface area contributed by atoms with E-state index in [1.165, 1.54) is 11.6 Å². The second-order valence-electron chi connectivity index (χ2n) is 3.74. The van der Waals surface area contributed by atoms with E-state index in [-0.39, 0.29) is 5.82 Å². The third-order valence-corrected chi connectivity index (χ3v) is 2.55. The van der Waals surface area contributed by atoms with Crippen LogP contribution < -0.4 is 0 Å². The van der Waals surface area contributed by atoms with E-state index in [2.05, 4.69) is 18.6 Å². The Balaban J connectivity index is 1.87. The van der Waals surface area contributed by atoms with Gasteiger partial charge in [0.25, 0.3) is 0 Å². The zero-order valence-corrected chi connectivity index (χ0v) is 9.07. The molecule has 0 heterocycles. The van der Waals surface area contributed by atoms with Crippen LogP contribution in [0.15, 0.2) is 54.6 Å². The average molecular weight is 213 g/mol. The Kier molecular flexibility index (Phi) is 3.71. The molecule has 0 aromatic heterocycles. The number of halogens is 1. The highest BCUT2D eigenvalue weighted by Crippen LogP contribution is 2.12. The van der Waals surface area contributed by atoms with Crippen molar-refractivity contribution in [1.82, 2.24) is 0 Å². The Bertz CT molecular complexity index is 434. The molecule has 0 aliphatic rings. The monoisotopic (exact) mass is 213 g/mol. The van der Waals surface area contributed by atoms with Crippen LogP contribution in [-0.4, -0.2) is 0 Å². The summed E-state index contributed by atoms with van der Waals surface area (Å²) in [5, 5.41) is 0. The summed E-state index contributed by atoms with van der Waals surface area (Å²) in [6, 6.07) is 17.1. The zero-order chi connectivity index (χ0) is 11.2. The third-order valence-electron chi connectivity index (χ3n) is 2.55. The van der Waals surface area contributed by atoms with E-state index in [0.29, 0.717) is 0 Å². The Morgan fingerprint density at radius 2 is 1.56 bits per heavy atom. The van der Waals surface area contributed by atoms with Crippen molar-refractivity contribution in [2.75, 3.05) is 0 Å². The minimum absolute atomic E-state index is 0.107. The van der Waals surface area contributed by atoms with Gasteiger partial charge in [-0.1, -0.05) is 48.5 Å². The molecule has 0 fully saturated rings. The summed E-state index contributed by atoms with van der Waals surface area (Å²) < 4.78 is 13.3. The normalized spacial score (nSPS) is 10.3. The van der Waals surface area contributed by atoms with E-state index in [9.17, 15) is 4.39 Å². The molecule has 0 saturated heterocycles. The molecule has 0 aliphatic heterocycles. The van der Waals surface area contributed by atoms with Crippen molar-refractivity contribution in [3.8, 4) is 0 Å². The highest BCUT2D eigenvalue weighted by atomic mass is 19.1. The lowest BCUT2D eigenvalue weighted by molar-refractivity contribution is 0.608. The molecule has 1 heteroatoms. The first-order chi connectivity index (χ1) is 7.86. The van der Waals surface area contributed by atoms with E-state index in [1.54, 1.807) is 6.07 Å². The van der Waals surface area contributed by atoms with E-state index in [4.69, 9.17) is 0 Å². The lowest BCUT2D eigenvalue weighted by Gasteiger charge is -2.02. The topological polar surface area (TPSA) is 0 Å². The molecule has 0 unspecified atom stereocenters. The Morgan fingerprint density at radius 3 is 2.31 bits per heavy atom. The smallest absolute Gasteiger partial charge is 0.126 e. The summed E-state index contributed by atoms with van der Waals surface area (Å²) in [5.41, 5.74) is 1.98. The Morgan fingerprint density at radius 1 is 0.875 bits per heavy atom. The predicted octanol–water partition coefficient (Wildman–Crippen LogP) is 4.01. The first-order valence-electron chi connectivity index (χ1n) is 5.48. The Labute approximate surface area is 95.7 Å². The van der Waals surface area contributed by atoms with Gasteiger partial charge in [0.1, 0.15) is 5.82 Å². The van der Waals surface area contributed by atoms with Crippen molar-refractivity contribution in [3.63, 3.8) is 0 Å². The zero-order valence-electron chi connectivity index (χ0n) is 9.07. The van der Waals surface area contributed by atoms with Gasteiger partial charge in [-0.2, -0.15) is 0 Å². The SMILES string of the molecule is Fc1ccccc1CC[CH]c1ccccc1. The molecule has 0 saturated carbocycles. The number of benzene rings is 2. The molecule has 1 radical (unpaired) electrons. The van der Waals surface area contributed by atoms with Gasteiger partial charge in [-0.15, -0.1) is 0 Å². The van der Waals surface area contributed by atoms with Gasteiger partial charge in [-0.3, -0.25) is 0 Å². The minimum Gasteiger partial charge on any atom is -0.207 e. The molecule has 81 valence electrons. The van der Waals surface area contributed by atoms with Crippen LogP contribution in [0.1, 0.15) is 17.5 Å². The number of rotatable bonds is 4. The highest BCUT2D eigenvalue weighted by Gasteiger charge is 2.00. The van der Waals surface area contributed by atoms with Crippen molar-refractivity contribution in [1.29, 1.82) is 0 Å². The van der Waals surface area contributed by atoms with E-state index >= 15 is 0 Å². The lowest BCUT2D eigenvalue weighted by atomic mass is 10.0. The fourth-order valence-corrected chi connectivity index (χ4v) is 1.68. The molecular formula is C15H14F. The molecule has 0 nitrogen and oxygen atoms in total. The van der Waals surface area contributed by atoms with Gasteiger partial charge in [-0.25, -0.2) is 4.39 Å². The van der Waals surface area contributed by atoms with E-state index in [0.717, 1.165) is 18.4 Å². The second-order valence-corrected chi connectivity index (χ2v) is 3.74. The van der Waals surface area contributed by atoms with Crippen LogP contribution in [0.4, 0.5) is 4.39 Å². The first-order valence-corrected chi connectivity index (χ1v) is 5.48. The largest absolute Gasteiger partial charge is 0.207 e. The molecule has 0 N–H and O–H groups in total. The summed E-state index contributed by atoms with van der Waals surface area (Å²) in [5.74, 6) is -0.107. The number of aryl methyl sites for hydroxylation is 1. The molecule has 0 amide bonds. The molecule has 16 heavy (non-hydrogen) atoms. The van der Waals surface area contributed by atoms with Crippen LogP contribution in [0.3, 0.4) is 0 Å². The van der Waals surface area contributed by atoms with Gasteiger partial charge >= 0.3 is 0 Å². The van der Waals surface area contributed by atoms with E-state index in [1.807, 2.05) is 30.3 Å². The Hall–Kier alpha value is -1.63. The maximum Gasteiger partial charge on any atom is 0.126 e. The maximum absolute atomic E-state index is 13.3. The van der Waals surface area contributed by atoms with E-state index < -0.39 is 0 Å². The van der Waals surface area contributed by atoms with Crippen molar-refractivity contribution in [3.05, 3.63) is 78.0 Å². The number of hydrogen-bond acceptors (Lipinski definition) is 0. The summed E-state index contributed by atoms with van der Waals surface area (Å²) in [6.07, 6.45) is 3.75. The van der Waals surface area contributed by atoms with Crippen LogP contribution in [0.2, 0.25) is 0 Å². The summed E-state index contributed by atoms with van der Waals surface area (Å²) in [6.45, 7) is 0. The molecule has 2 rings (SSSR count). The van der Waals surface area contributed by atoms with Gasteiger partial charge in [0.15, 0.2) is 0 Å². The number of hydrogen-bond donors (Lipinski definition) is 0. The third kappa shape index (κ3) is 2.93. The van der Waals surface area contributed by atoms with Crippen LogP contribution in [0, 0.1) is 12.2 Å². The summed E-state index contributed by atoms with van der Waals surface area (Å²) >= 11 is 0. The summed E-state index contributed by atoms with van der Waals surface area (Å²) in [4.78, 5) is 0. The fourth-order valence-electron chi connectivity index (χ4n) is 1.68. The van der Waals surface area contributed by atoms with Gasteiger partial charge in [0, 0.05) is 0 Å². The molecule has 0 aliphatic carbocycles. The van der Waals surface area contributed by atoms with Gasteiger partial charge in [-0.05, 0) is 36.5 Å². The molecule has 0 atom stereocenters. The van der Waals surface area contributed by atoms with Crippen molar-refractivity contribution >= 4 is 0 Å². The van der Waals surface area contributed by atoms with Gasteiger partial charge < -0.3 is 0 Å². The molecule has 2 aromatic carbocycles. The standard InChI is InChI=1S/C15H14F/c16-15-12-5-4-10-14(15)11-6-9-13-7-2-1-3-8-13/h1-5,7-10,12H,6,11H2. The fraction of sp³-hybridized carbons (Fsp3) is 0.133. The predicted molar refractivity (Wildman–Crippen MR) is 64.6 cm³/mol. The maximum atomic E-state index is 13.3. The lowest BCUT2D eigenvalue weighted by Crippen LogP contribution is -1.91. The molecular weight excluding hydrogens is 199 g/mol. The van der Waals surface area contributed by atoms with Gasteiger partial charge in [0.2, 0.25) is 0 Å². The van der Waals surface area contributed by atoms with Crippen LogP contribution in [0.25, 0.3) is 0 Å².